The first kappa shape index (κ1) is 12.3. The van der Waals surface area contributed by atoms with E-state index in [-0.39, 0.29) is 11.9 Å². The maximum Gasteiger partial charge on any atom is 0.299 e. The molecule has 0 aromatic heterocycles. The minimum Gasteiger partial charge on any atom is -0.325 e. The number of rotatable bonds is 2. The van der Waals surface area contributed by atoms with Crippen LogP contribution in [-0.2, 0) is 9.59 Å². The number of fused-ring (bicyclic) bond motifs is 1. The molecule has 1 aromatic rings. The van der Waals surface area contributed by atoms with Crippen LogP contribution in [-0.4, -0.2) is 23.6 Å². The third-order valence-electron chi connectivity index (χ3n) is 2.76. The Morgan fingerprint density at radius 2 is 1.94 bits per heavy atom. The predicted octanol–water partition coefficient (Wildman–Crippen LogP) is 1.58. The summed E-state index contributed by atoms with van der Waals surface area (Å²) in [6.07, 6.45) is 0. The average Bonchev–Trinajstić information content (AvgIpc) is 2.53. The summed E-state index contributed by atoms with van der Waals surface area (Å²) < 4.78 is 0. The maximum atomic E-state index is 11.9. The van der Waals surface area contributed by atoms with Crippen LogP contribution in [0.15, 0.2) is 18.2 Å². The number of ketones is 1. The van der Waals surface area contributed by atoms with Crippen LogP contribution in [0.3, 0.4) is 0 Å². The fourth-order valence-electron chi connectivity index (χ4n) is 2.10. The lowest BCUT2D eigenvalue weighted by Crippen LogP contribution is -2.36. The molecule has 2 amide bonds. The summed E-state index contributed by atoms with van der Waals surface area (Å²) in [5.74, 6) is -1.30. The van der Waals surface area contributed by atoms with Gasteiger partial charge in [0.1, 0.15) is 0 Å². The zero-order valence-corrected chi connectivity index (χ0v) is 10.5. The Morgan fingerprint density at radius 1 is 1.28 bits per heavy atom. The van der Waals surface area contributed by atoms with Crippen LogP contribution >= 0.6 is 0 Å². The van der Waals surface area contributed by atoms with Crippen molar-refractivity contribution in [2.24, 2.45) is 0 Å². The molecule has 1 heterocycles. The fourth-order valence-corrected chi connectivity index (χ4v) is 2.10. The third kappa shape index (κ3) is 1.77. The minimum absolute atomic E-state index is 0.141. The summed E-state index contributed by atoms with van der Waals surface area (Å²) in [4.78, 5) is 36.3. The van der Waals surface area contributed by atoms with Gasteiger partial charge in [0.2, 0.25) is 5.91 Å². The van der Waals surface area contributed by atoms with Crippen molar-refractivity contribution in [2.75, 3.05) is 10.2 Å². The van der Waals surface area contributed by atoms with Gasteiger partial charge in [0.15, 0.2) is 0 Å². The lowest BCUT2D eigenvalue weighted by molar-refractivity contribution is -0.115. The van der Waals surface area contributed by atoms with Crippen molar-refractivity contribution in [1.29, 1.82) is 0 Å². The van der Waals surface area contributed by atoms with Crippen LogP contribution in [0.5, 0.6) is 0 Å². The second kappa shape index (κ2) is 4.25. The van der Waals surface area contributed by atoms with Crippen molar-refractivity contribution < 1.29 is 14.4 Å². The normalized spacial score (nSPS) is 14.1. The van der Waals surface area contributed by atoms with Crippen molar-refractivity contribution in [1.82, 2.24) is 0 Å². The van der Waals surface area contributed by atoms with E-state index >= 15 is 0 Å². The molecule has 1 N–H and O–H groups in total. The molecule has 1 aromatic carbocycles. The van der Waals surface area contributed by atoms with E-state index in [0.717, 1.165) is 0 Å². The van der Waals surface area contributed by atoms with Gasteiger partial charge >= 0.3 is 0 Å². The highest BCUT2D eigenvalue weighted by molar-refractivity contribution is 6.53. The van der Waals surface area contributed by atoms with Crippen molar-refractivity contribution in [2.45, 2.75) is 26.8 Å². The zero-order chi connectivity index (χ0) is 13.4. The van der Waals surface area contributed by atoms with Gasteiger partial charge in [-0.3, -0.25) is 14.4 Å². The molecule has 1 aliphatic rings. The first-order valence-electron chi connectivity index (χ1n) is 5.72. The van der Waals surface area contributed by atoms with Gasteiger partial charge in [-0.1, -0.05) is 6.07 Å². The van der Waals surface area contributed by atoms with Crippen LogP contribution in [0, 0.1) is 0 Å². The predicted molar refractivity (Wildman–Crippen MR) is 67.7 cm³/mol. The second-order valence-electron chi connectivity index (χ2n) is 4.48. The number of Topliss-reactive ketones (excluding diaryl/α,β-unsaturated/α-hetero) is 1. The van der Waals surface area contributed by atoms with Gasteiger partial charge in [-0.05, 0) is 26.0 Å². The molecule has 5 nitrogen and oxygen atoms in total. The third-order valence-corrected chi connectivity index (χ3v) is 2.76. The van der Waals surface area contributed by atoms with Gasteiger partial charge < -0.3 is 10.2 Å². The largest absolute Gasteiger partial charge is 0.325 e. The first-order valence-corrected chi connectivity index (χ1v) is 5.72. The van der Waals surface area contributed by atoms with E-state index in [1.165, 1.54) is 11.8 Å². The number of nitrogens with zero attached hydrogens (tertiary/aromatic N) is 1. The molecule has 94 valence electrons. The van der Waals surface area contributed by atoms with Gasteiger partial charge in [0.25, 0.3) is 11.7 Å². The van der Waals surface area contributed by atoms with Crippen molar-refractivity contribution in [3.63, 3.8) is 0 Å². The molecule has 5 heteroatoms. The fraction of sp³-hybridized carbons (Fsp3) is 0.308. The Morgan fingerprint density at radius 3 is 2.50 bits per heavy atom. The summed E-state index contributed by atoms with van der Waals surface area (Å²) in [5, 5.41) is 2.65. The lowest BCUT2D eigenvalue weighted by atomic mass is 10.1. The van der Waals surface area contributed by atoms with Crippen LogP contribution < -0.4 is 10.2 Å². The Kier molecular flexibility index (Phi) is 2.90. The Bertz CT molecular complexity index is 549. The van der Waals surface area contributed by atoms with Gasteiger partial charge in [-0.2, -0.15) is 0 Å². The van der Waals surface area contributed by atoms with Crippen LogP contribution in [0.2, 0.25) is 0 Å². The molecule has 0 aliphatic carbocycles. The first-order chi connectivity index (χ1) is 8.43. The molecule has 0 unspecified atom stereocenters. The highest BCUT2D eigenvalue weighted by atomic mass is 16.2. The molecule has 0 radical (unpaired) electrons. The van der Waals surface area contributed by atoms with Gasteiger partial charge in [0, 0.05) is 13.0 Å². The van der Waals surface area contributed by atoms with Gasteiger partial charge in [-0.15, -0.1) is 0 Å². The monoisotopic (exact) mass is 246 g/mol. The number of nitrogens with one attached hydrogen (secondary N) is 1. The topological polar surface area (TPSA) is 66.5 Å². The number of hydrogen-bond acceptors (Lipinski definition) is 3. The number of carbonyl (C=O) groups is 3. The van der Waals surface area contributed by atoms with E-state index in [4.69, 9.17) is 0 Å². The van der Waals surface area contributed by atoms with Crippen molar-refractivity contribution in [3.05, 3.63) is 23.8 Å². The number of carbonyl (C=O) groups excluding carboxylic acids is 3. The van der Waals surface area contributed by atoms with E-state index in [0.29, 0.717) is 16.9 Å². The summed E-state index contributed by atoms with van der Waals surface area (Å²) in [6.45, 7) is 5.04. The molecule has 2 rings (SSSR count). The van der Waals surface area contributed by atoms with Crippen LogP contribution in [0.25, 0.3) is 0 Å². The summed E-state index contributed by atoms with van der Waals surface area (Å²) in [7, 11) is 0. The molecule has 0 atom stereocenters. The Hall–Kier alpha value is -2.17. The highest BCUT2D eigenvalue weighted by Crippen LogP contribution is 2.37. The highest BCUT2D eigenvalue weighted by Gasteiger charge is 2.38. The van der Waals surface area contributed by atoms with E-state index < -0.39 is 11.7 Å². The van der Waals surface area contributed by atoms with E-state index in [1.807, 2.05) is 13.8 Å². The second-order valence-corrected chi connectivity index (χ2v) is 4.48. The van der Waals surface area contributed by atoms with Gasteiger partial charge in [-0.25, -0.2) is 0 Å². The van der Waals surface area contributed by atoms with Crippen molar-refractivity contribution >= 4 is 29.0 Å². The quantitative estimate of drug-likeness (QED) is 0.806. The standard InChI is InChI=1S/C13H14N2O3/c1-7(2)15-11-9(12(17)13(15)18)5-4-6-10(11)14-8(3)16/h4-7H,1-3H3,(H,14,16). The summed E-state index contributed by atoms with van der Waals surface area (Å²) in [5.41, 5.74) is 1.34. The molecular weight excluding hydrogens is 232 g/mol. The summed E-state index contributed by atoms with van der Waals surface area (Å²) >= 11 is 0. The maximum absolute atomic E-state index is 11.9. The zero-order valence-electron chi connectivity index (χ0n) is 10.5. The molecule has 1 aliphatic heterocycles. The SMILES string of the molecule is CC(=O)Nc1cccc2c1N(C(C)C)C(=O)C2=O. The molecular formula is C13H14N2O3. The molecule has 18 heavy (non-hydrogen) atoms. The van der Waals surface area contributed by atoms with Gasteiger partial charge in [0.05, 0.1) is 16.9 Å². The minimum atomic E-state index is -0.544. The Balaban J connectivity index is 2.60. The van der Waals surface area contributed by atoms with E-state index in [9.17, 15) is 14.4 Å². The van der Waals surface area contributed by atoms with Crippen LogP contribution in [0.1, 0.15) is 31.1 Å². The van der Waals surface area contributed by atoms with E-state index in [2.05, 4.69) is 5.32 Å². The molecule has 0 saturated carbocycles. The Labute approximate surface area is 105 Å². The van der Waals surface area contributed by atoms with Crippen LogP contribution in [0.4, 0.5) is 11.4 Å². The lowest BCUT2D eigenvalue weighted by Gasteiger charge is -2.23. The molecule has 0 bridgehead atoms. The number of benzene rings is 1. The molecule has 0 spiro atoms. The average molecular weight is 246 g/mol. The number of hydrogen-bond donors (Lipinski definition) is 1. The molecule has 0 saturated heterocycles. The number of para-hydroxylation sites is 1. The summed E-state index contributed by atoms with van der Waals surface area (Å²) in [6, 6.07) is 4.79. The smallest absolute Gasteiger partial charge is 0.299 e. The number of amides is 2. The van der Waals surface area contributed by atoms with Crippen molar-refractivity contribution in [3.8, 4) is 0 Å². The molecule has 0 fully saturated rings. The van der Waals surface area contributed by atoms with E-state index in [1.54, 1.807) is 18.2 Å². The number of anilines is 2.